The molecule has 0 amide bonds. The summed E-state index contributed by atoms with van der Waals surface area (Å²) >= 11 is 22.9. The summed E-state index contributed by atoms with van der Waals surface area (Å²) in [5, 5.41) is 0.221. The fourth-order valence-electron chi connectivity index (χ4n) is 0.824. The summed E-state index contributed by atoms with van der Waals surface area (Å²) < 4.78 is 0. The molecule has 1 unspecified atom stereocenters. The van der Waals surface area contributed by atoms with Crippen molar-refractivity contribution in [1.29, 1.82) is 0 Å². The highest BCUT2D eigenvalue weighted by Crippen LogP contribution is 2.31. The van der Waals surface area contributed by atoms with Crippen molar-refractivity contribution in [2.45, 2.75) is 10.2 Å². The van der Waals surface area contributed by atoms with E-state index >= 15 is 0 Å². The molecule has 1 aromatic carbocycles. The van der Waals surface area contributed by atoms with Crippen molar-refractivity contribution < 1.29 is 0 Å². The number of alkyl halides is 3. The van der Waals surface area contributed by atoms with Gasteiger partial charge in [-0.2, -0.15) is 0 Å². The first-order valence-corrected chi connectivity index (χ1v) is 4.97. The van der Waals surface area contributed by atoms with Crippen LogP contribution in [0.15, 0.2) is 24.3 Å². The van der Waals surface area contributed by atoms with Crippen LogP contribution in [-0.2, 0) is 0 Å². The first-order valence-electron chi connectivity index (χ1n) is 3.29. The minimum atomic E-state index is -0.620. The van der Waals surface area contributed by atoms with E-state index in [0.717, 1.165) is 5.56 Å². The Labute approximate surface area is 91.4 Å². The van der Waals surface area contributed by atoms with Gasteiger partial charge in [-0.05, 0) is 17.7 Å². The van der Waals surface area contributed by atoms with Crippen LogP contribution < -0.4 is 0 Å². The molecule has 0 aromatic heterocycles. The van der Waals surface area contributed by atoms with E-state index in [-0.39, 0.29) is 0 Å². The molecule has 0 bridgehead atoms. The molecule has 0 saturated carbocycles. The summed E-state index contributed by atoms with van der Waals surface area (Å²) in [5.74, 6) is 0. The molecule has 0 fully saturated rings. The Morgan fingerprint density at radius 2 is 1.75 bits per heavy atom. The van der Waals surface area contributed by atoms with Crippen molar-refractivity contribution in [2.24, 2.45) is 0 Å². The third-order valence-corrected chi connectivity index (χ3v) is 2.89. The summed E-state index contributed by atoms with van der Waals surface area (Å²) in [5.41, 5.74) is 0.833. The largest absolute Gasteiger partial charge is 0.128 e. The third kappa shape index (κ3) is 2.70. The summed E-state index contributed by atoms with van der Waals surface area (Å²) in [6.07, 6.45) is 0. The van der Waals surface area contributed by atoms with Gasteiger partial charge in [0.05, 0.1) is 5.38 Å². The molecule has 0 nitrogen and oxygen atoms in total. The molecule has 0 saturated heterocycles. The van der Waals surface area contributed by atoms with Gasteiger partial charge in [0.2, 0.25) is 0 Å². The van der Waals surface area contributed by atoms with Crippen LogP contribution in [0.4, 0.5) is 0 Å². The molecule has 0 aliphatic heterocycles. The van der Waals surface area contributed by atoms with Gasteiger partial charge in [0.1, 0.15) is 4.84 Å². The summed E-state index contributed by atoms with van der Waals surface area (Å²) in [6, 6.07) is 7.16. The maximum atomic E-state index is 5.89. The van der Waals surface area contributed by atoms with Crippen molar-refractivity contribution in [3.8, 4) is 0 Å². The molecule has 0 radical (unpaired) electrons. The summed E-state index contributed by atoms with van der Waals surface area (Å²) in [6.45, 7) is 0. The number of benzene rings is 1. The molecular weight excluding hydrogens is 238 g/mol. The third-order valence-electron chi connectivity index (χ3n) is 1.39. The van der Waals surface area contributed by atoms with Gasteiger partial charge >= 0.3 is 0 Å². The normalized spacial score (nSPS) is 13.4. The van der Waals surface area contributed by atoms with Crippen LogP contribution in [0.25, 0.3) is 0 Å². The second-order valence-electron chi connectivity index (χ2n) is 2.29. The van der Waals surface area contributed by atoms with Crippen LogP contribution in [0, 0.1) is 0 Å². The van der Waals surface area contributed by atoms with Crippen LogP contribution in [-0.4, -0.2) is 4.84 Å². The number of hydrogen-bond donors (Lipinski definition) is 0. The zero-order chi connectivity index (χ0) is 9.14. The molecule has 1 aromatic rings. The Balaban J connectivity index is 2.88. The molecule has 1 atom stereocenters. The zero-order valence-corrected chi connectivity index (χ0v) is 9.00. The summed E-state index contributed by atoms with van der Waals surface area (Å²) in [7, 11) is 0. The van der Waals surface area contributed by atoms with Gasteiger partial charge in [-0.1, -0.05) is 23.7 Å². The van der Waals surface area contributed by atoms with E-state index in [0.29, 0.717) is 5.02 Å². The second-order valence-corrected chi connectivity index (χ2v) is 4.36. The number of halogens is 4. The summed E-state index contributed by atoms with van der Waals surface area (Å²) in [4.78, 5) is -0.620. The molecule has 66 valence electrons. The predicted octanol–water partition coefficient (Wildman–Crippen LogP) is 4.42. The highest BCUT2D eigenvalue weighted by molar-refractivity contribution is 6.48. The quantitative estimate of drug-likeness (QED) is 0.675. The number of hydrogen-bond acceptors (Lipinski definition) is 0. The molecule has 0 aliphatic carbocycles. The lowest BCUT2D eigenvalue weighted by atomic mass is 10.2. The van der Waals surface area contributed by atoms with Crippen molar-refractivity contribution in [3.63, 3.8) is 0 Å². The lowest BCUT2D eigenvalue weighted by Gasteiger charge is -2.09. The van der Waals surface area contributed by atoms with Gasteiger partial charge in [0.25, 0.3) is 0 Å². The molecule has 0 N–H and O–H groups in total. The Morgan fingerprint density at radius 1 is 1.08 bits per heavy atom. The van der Waals surface area contributed by atoms with Crippen LogP contribution in [0.3, 0.4) is 0 Å². The predicted molar refractivity (Wildman–Crippen MR) is 55.5 cm³/mol. The van der Waals surface area contributed by atoms with Crippen molar-refractivity contribution in [3.05, 3.63) is 34.9 Å². The zero-order valence-electron chi connectivity index (χ0n) is 5.98. The van der Waals surface area contributed by atoms with Crippen LogP contribution in [0.1, 0.15) is 10.9 Å². The topological polar surface area (TPSA) is 0 Å². The molecule has 12 heavy (non-hydrogen) atoms. The van der Waals surface area contributed by atoms with Crippen molar-refractivity contribution in [1.82, 2.24) is 0 Å². The molecule has 0 aliphatic rings. The van der Waals surface area contributed by atoms with Crippen molar-refractivity contribution in [2.75, 3.05) is 0 Å². The van der Waals surface area contributed by atoms with E-state index in [2.05, 4.69) is 0 Å². The van der Waals surface area contributed by atoms with Gasteiger partial charge < -0.3 is 0 Å². The smallest absolute Gasteiger partial charge is 0.115 e. The van der Waals surface area contributed by atoms with E-state index in [4.69, 9.17) is 46.4 Å². The van der Waals surface area contributed by atoms with Gasteiger partial charge in [-0.25, -0.2) is 0 Å². The minimum absolute atomic E-state index is 0.410. The SMILES string of the molecule is Clc1cccc(C(Cl)C(Cl)Cl)c1. The van der Waals surface area contributed by atoms with Crippen molar-refractivity contribution >= 4 is 46.4 Å². The Kier molecular flexibility index (Phi) is 3.98. The van der Waals surface area contributed by atoms with Crippen LogP contribution in [0.2, 0.25) is 5.02 Å². The van der Waals surface area contributed by atoms with Gasteiger partial charge in [-0.3, -0.25) is 0 Å². The molecule has 0 heterocycles. The van der Waals surface area contributed by atoms with E-state index in [1.54, 1.807) is 12.1 Å². The monoisotopic (exact) mass is 242 g/mol. The Hall–Kier alpha value is 0.380. The molecule has 4 heteroatoms. The fourth-order valence-corrected chi connectivity index (χ4v) is 1.45. The van der Waals surface area contributed by atoms with Gasteiger partial charge in [-0.15, -0.1) is 34.8 Å². The van der Waals surface area contributed by atoms with Gasteiger partial charge in [0, 0.05) is 5.02 Å². The Bertz CT molecular complexity index is 259. The molecular formula is C8H6Cl4. The minimum Gasteiger partial charge on any atom is -0.115 e. The van der Waals surface area contributed by atoms with E-state index in [9.17, 15) is 0 Å². The standard InChI is InChI=1S/C8H6Cl4/c9-6-3-1-2-5(4-6)7(10)8(11)12/h1-4,7-8H. The highest BCUT2D eigenvalue weighted by atomic mass is 35.5. The fraction of sp³-hybridized carbons (Fsp3) is 0.250. The lowest BCUT2D eigenvalue weighted by molar-refractivity contribution is 1.04. The highest BCUT2D eigenvalue weighted by Gasteiger charge is 2.15. The average molecular weight is 244 g/mol. The Morgan fingerprint density at radius 3 is 2.25 bits per heavy atom. The average Bonchev–Trinajstić information content (AvgIpc) is 2.03. The first kappa shape index (κ1) is 10.5. The maximum absolute atomic E-state index is 5.89. The first-order chi connectivity index (χ1) is 5.61. The second kappa shape index (κ2) is 4.57. The van der Waals surface area contributed by atoms with E-state index in [1.807, 2.05) is 12.1 Å². The molecule has 1 rings (SSSR count). The van der Waals surface area contributed by atoms with E-state index < -0.39 is 10.2 Å². The maximum Gasteiger partial charge on any atom is 0.128 e. The molecule has 0 spiro atoms. The lowest BCUT2D eigenvalue weighted by Crippen LogP contribution is -1.98. The van der Waals surface area contributed by atoms with Gasteiger partial charge in [0.15, 0.2) is 0 Å². The van der Waals surface area contributed by atoms with E-state index in [1.165, 1.54) is 0 Å². The van der Waals surface area contributed by atoms with Crippen LogP contribution >= 0.6 is 46.4 Å². The number of rotatable bonds is 2. The van der Waals surface area contributed by atoms with Crippen LogP contribution in [0.5, 0.6) is 0 Å².